The van der Waals surface area contributed by atoms with Crippen molar-refractivity contribution >= 4 is 34.3 Å². The van der Waals surface area contributed by atoms with Crippen LogP contribution in [0.5, 0.6) is 0 Å². The van der Waals surface area contributed by atoms with Crippen LogP contribution in [0.15, 0.2) is 24.3 Å². The summed E-state index contributed by atoms with van der Waals surface area (Å²) in [6.45, 7) is 3.64. The topological polar surface area (TPSA) is 49.3 Å². The zero-order chi connectivity index (χ0) is 16.4. The van der Waals surface area contributed by atoms with Crippen molar-refractivity contribution in [2.45, 2.75) is 19.3 Å². The first kappa shape index (κ1) is 15.7. The van der Waals surface area contributed by atoms with E-state index < -0.39 is 0 Å². The van der Waals surface area contributed by atoms with Crippen LogP contribution in [-0.2, 0) is 0 Å². The number of rotatable bonds is 2. The van der Waals surface area contributed by atoms with Crippen LogP contribution in [0.4, 0.5) is 5.82 Å². The minimum atomic E-state index is 0.0178. The van der Waals surface area contributed by atoms with Crippen LogP contribution in [-0.4, -0.2) is 58.7 Å². The van der Waals surface area contributed by atoms with Gasteiger partial charge in [0.05, 0.1) is 0 Å². The maximum atomic E-state index is 12.9. The zero-order valence-electron chi connectivity index (χ0n) is 13.8. The number of anilines is 1. The number of amides is 1. The Kier molecular flexibility index (Phi) is 4.56. The van der Waals surface area contributed by atoms with Gasteiger partial charge in [-0.25, -0.2) is 0 Å². The molecule has 2 saturated heterocycles. The van der Waals surface area contributed by atoms with Gasteiger partial charge in [-0.05, 0) is 19.3 Å². The van der Waals surface area contributed by atoms with E-state index in [1.807, 2.05) is 34.9 Å². The molecule has 5 nitrogen and oxygen atoms in total. The molecule has 0 spiro atoms. The fourth-order valence-electron chi connectivity index (χ4n) is 3.50. The molecule has 24 heavy (non-hydrogen) atoms. The average Bonchev–Trinajstić information content (AvgIpc) is 2.68. The summed E-state index contributed by atoms with van der Waals surface area (Å²) in [5.41, 5.74) is 0.498. The molecule has 0 atom stereocenters. The van der Waals surface area contributed by atoms with Gasteiger partial charge in [0.15, 0.2) is 11.5 Å². The molecule has 0 bridgehead atoms. The Morgan fingerprint density at radius 2 is 1.62 bits per heavy atom. The largest absolute Gasteiger partial charge is 0.355 e. The number of piperidine rings is 1. The highest BCUT2D eigenvalue weighted by Gasteiger charge is 2.24. The zero-order valence-corrected chi connectivity index (χ0v) is 14.6. The van der Waals surface area contributed by atoms with Gasteiger partial charge in [-0.2, -0.15) is 11.8 Å². The van der Waals surface area contributed by atoms with E-state index >= 15 is 0 Å². The van der Waals surface area contributed by atoms with Crippen molar-refractivity contribution in [1.82, 2.24) is 15.1 Å². The first-order valence-corrected chi connectivity index (χ1v) is 9.87. The molecule has 2 aromatic rings. The Labute approximate surface area is 146 Å². The SMILES string of the molecule is O=C(c1nnc(N2CCCCC2)c2ccccc12)N1CCSCC1. The summed E-state index contributed by atoms with van der Waals surface area (Å²) in [5, 5.41) is 10.8. The van der Waals surface area contributed by atoms with Gasteiger partial charge in [0.1, 0.15) is 0 Å². The fraction of sp³-hybridized carbons (Fsp3) is 0.500. The molecule has 0 aliphatic carbocycles. The van der Waals surface area contributed by atoms with Crippen molar-refractivity contribution in [1.29, 1.82) is 0 Å². The quantitative estimate of drug-likeness (QED) is 0.840. The maximum Gasteiger partial charge on any atom is 0.275 e. The van der Waals surface area contributed by atoms with Crippen molar-refractivity contribution in [3.63, 3.8) is 0 Å². The van der Waals surface area contributed by atoms with Crippen LogP contribution in [0.1, 0.15) is 29.8 Å². The van der Waals surface area contributed by atoms with Gasteiger partial charge in [-0.1, -0.05) is 24.3 Å². The molecule has 1 amide bonds. The van der Waals surface area contributed by atoms with Gasteiger partial charge in [-0.3, -0.25) is 4.79 Å². The molecule has 1 aromatic heterocycles. The second-order valence-corrected chi connectivity index (χ2v) is 7.59. The summed E-state index contributed by atoms with van der Waals surface area (Å²) in [4.78, 5) is 17.1. The summed E-state index contributed by atoms with van der Waals surface area (Å²) in [5.74, 6) is 2.95. The number of thioether (sulfide) groups is 1. The van der Waals surface area contributed by atoms with Gasteiger partial charge < -0.3 is 9.80 Å². The Morgan fingerprint density at radius 1 is 0.917 bits per heavy atom. The van der Waals surface area contributed by atoms with E-state index in [1.54, 1.807) is 0 Å². The smallest absolute Gasteiger partial charge is 0.275 e. The highest BCUT2D eigenvalue weighted by Crippen LogP contribution is 2.28. The third-order valence-corrected chi connectivity index (χ3v) is 5.77. The van der Waals surface area contributed by atoms with Crippen molar-refractivity contribution in [2.75, 3.05) is 42.6 Å². The van der Waals surface area contributed by atoms with Gasteiger partial charge in [0.25, 0.3) is 5.91 Å². The Bertz CT molecular complexity index is 739. The average molecular weight is 342 g/mol. The number of benzene rings is 1. The van der Waals surface area contributed by atoms with Crippen molar-refractivity contribution in [3.8, 4) is 0 Å². The molecule has 2 aliphatic heterocycles. The Morgan fingerprint density at radius 3 is 2.38 bits per heavy atom. The summed E-state index contributed by atoms with van der Waals surface area (Å²) < 4.78 is 0. The molecular formula is C18H22N4OS. The number of hydrogen-bond acceptors (Lipinski definition) is 5. The first-order chi connectivity index (χ1) is 11.8. The number of nitrogens with zero attached hydrogens (tertiary/aromatic N) is 4. The molecule has 6 heteroatoms. The van der Waals surface area contributed by atoms with Gasteiger partial charge in [-0.15, -0.1) is 10.2 Å². The molecule has 0 N–H and O–H groups in total. The third-order valence-electron chi connectivity index (χ3n) is 4.82. The molecule has 1 aromatic carbocycles. The van der Waals surface area contributed by atoms with Gasteiger partial charge in [0, 0.05) is 48.5 Å². The van der Waals surface area contributed by atoms with E-state index in [1.165, 1.54) is 19.3 Å². The van der Waals surface area contributed by atoms with Crippen molar-refractivity contribution in [2.24, 2.45) is 0 Å². The molecule has 0 saturated carbocycles. The maximum absolute atomic E-state index is 12.9. The van der Waals surface area contributed by atoms with Crippen molar-refractivity contribution < 1.29 is 4.79 Å². The predicted octanol–water partition coefficient (Wildman–Crippen LogP) is 2.81. The molecule has 0 unspecified atom stereocenters. The lowest BCUT2D eigenvalue weighted by Crippen LogP contribution is -2.38. The first-order valence-electron chi connectivity index (χ1n) is 8.72. The van der Waals surface area contributed by atoms with Crippen LogP contribution in [0.2, 0.25) is 0 Å². The Hall–Kier alpha value is -1.82. The summed E-state index contributed by atoms with van der Waals surface area (Å²) in [6.07, 6.45) is 3.68. The third kappa shape index (κ3) is 2.95. The lowest BCUT2D eigenvalue weighted by molar-refractivity contribution is 0.0767. The standard InChI is InChI=1S/C18H22N4OS/c23-18(22-10-12-24-13-11-22)16-14-6-2-3-7-15(14)17(20-19-16)21-8-4-1-5-9-21/h2-3,6-7H,1,4-5,8-13H2. The second-order valence-electron chi connectivity index (χ2n) is 6.37. The minimum Gasteiger partial charge on any atom is -0.355 e. The van der Waals surface area contributed by atoms with Crippen LogP contribution in [0.3, 0.4) is 0 Å². The summed E-state index contributed by atoms with van der Waals surface area (Å²) in [6, 6.07) is 8.07. The van der Waals surface area contributed by atoms with E-state index in [-0.39, 0.29) is 5.91 Å². The lowest BCUT2D eigenvalue weighted by Gasteiger charge is -2.29. The lowest BCUT2D eigenvalue weighted by atomic mass is 10.1. The number of carbonyl (C=O) groups is 1. The van der Waals surface area contributed by atoms with E-state index in [2.05, 4.69) is 21.2 Å². The molecule has 126 valence electrons. The van der Waals surface area contributed by atoms with Crippen LogP contribution < -0.4 is 4.90 Å². The normalized spacial score (nSPS) is 18.8. The highest BCUT2D eigenvalue weighted by atomic mass is 32.2. The molecule has 3 heterocycles. The van der Waals surface area contributed by atoms with E-state index in [9.17, 15) is 4.79 Å². The van der Waals surface area contributed by atoms with Crippen molar-refractivity contribution in [3.05, 3.63) is 30.0 Å². The number of carbonyl (C=O) groups excluding carboxylic acids is 1. The molecule has 0 radical (unpaired) electrons. The molecular weight excluding hydrogens is 320 g/mol. The van der Waals surface area contributed by atoms with Crippen LogP contribution >= 0.6 is 11.8 Å². The molecule has 2 fully saturated rings. The number of hydrogen-bond donors (Lipinski definition) is 0. The van der Waals surface area contributed by atoms with Crippen LogP contribution in [0.25, 0.3) is 10.8 Å². The van der Waals surface area contributed by atoms with Gasteiger partial charge >= 0.3 is 0 Å². The fourth-order valence-corrected chi connectivity index (χ4v) is 4.41. The number of aromatic nitrogens is 2. The monoisotopic (exact) mass is 342 g/mol. The molecule has 4 rings (SSSR count). The summed E-state index contributed by atoms with van der Waals surface area (Å²) in [7, 11) is 0. The predicted molar refractivity (Wildman–Crippen MR) is 98.8 cm³/mol. The van der Waals surface area contributed by atoms with E-state index in [0.717, 1.165) is 54.3 Å². The van der Waals surface area contributed by atoms with Crippen LogP contribution in [0, 0.1) is 0 Å². The van der Waals surface area contributed by atoms with Gasteiger partial charge in [0.2, 0.25) is 0 Å². The highest BCUT2D eigenvalue weighted by molar-refractivity contribution is 7.99. The molecule has 2 aliphatic rings. The second kappa shape index (κ2) is 6.97. The van der Waals surface area contributed by atoms with E-state index in [4.69, 9.17) is 0 Å². The summed E-state index contributed by atoms with van der Waals surface area (Å²) >= 11 is 1.90. The Balaban J connectivity index is 1.73. The minimum absolute atomic E-state index is 0.0178. The number of fused-ring (bicyclic) bond motifs is 1. The van der Waals surface area contributed by atoms with E-state index in [0.29, 0.717) is 5.69 Å².